The van der Waals surface area contributed by atoms with Gasteiger partial charge in [0.2, 0.25) is 5.91 Å². The summed E-state index contributed by atoms with van der Waals surface area (Å²) in [5, 5.41) is 15.7. The molecule has 1 aromatic carbocycles. The van der Waals surface area contributed by atoms with Crippen molar-refractivity contribution in [3.05, 3.63) is 23.8 Å². The largest absolute Gasteiger partial charge is 0.506 e. The summed E-state index contributed by atoms with van der Waals surface area (Å²) in [6.45, 7) is 12.8. The van der Waals surface area contributed by atoms with Gasteiger partial charge in [0, 0.05) is 12.5 Å². The van der Waals surface area contributed by atoms with Crippen molar-refractivity contribution >= 4 is 23.7 Å². The van der Waals surface area contributed by atoms with Crippen LogP contribution >= 0.6 is 0 Å². The highest BCUT2D eigenvalue weighted by Crippen LogP contribution is 2.26. The van der Waals surface area contributed by atoms with Gasteiger partial charge in [-0.3, -0.25) is 9.59 Å². The Hall–Kier alpha value is -2.81. The van der Waals surface area contributed by atoms with E-state index < -0.39 is 29.3 Å². The lowest BCUT2D eigenvalue weighted by Gasteiger charge is -2.27. The Kier molecular flexibility index (Phi) is 10.8. The van der Waals surface area contributed by atoms with Gasteiger partial charge in [0.05, 0.1) is 11.6 Å². The Morgan fingerprint density at radius 2 is 1.68 bits per heavy atom. The number of aromatic hydroxyl groups is 1. The van der Waals surface area contributed by atoms with E-state index in [9.17, 15) is 19.5 Å². The number of phenols is 1. The third kappa shape index (κ3) is 11.9. The highest BCUT2D eigenvalue weighted by molar-refractivity contribution is 5.92. The monoisotopic (exact) mass is 479 g/mol. The van der Waals surface area contributed by atoms with Gasteiger partial charge in [0.15, 0.2) is 0 Å². The van der Waals surface area contributed by atoms with Crippen molar-refractivity contribution in [2.24, 2.45) is 11.7 Å². The minimum Gasteiger partial charge on any atom is -0.506 e. The van der Waals surface area contributed by atoms with Crippen LogP contribution in [0, 0.1) is 5.92 Å². The van der Waals surface area contributed by atoms with Crippen molar-refractivity contribution in [2.75, 3.05) is 11.9 Å². The second-order valence-electron chi connectivity index (χ2n) is 10.5. The SMILES string of the molecule is CC(C[C@H](Cc1ccc(O)c(NC(=O)CCCN)c1)NC(=O)OC(C)(C)C)C(=O)OC(C)(C)C. The van der Waals surface area contributed by atoms with Crippen molar-refractivity contribution in [3.8, 4) is 5.75 Å². The molecule has 1 unspecified atom stereocenters. The molecule has 34 heavy (non-hydrogen) atoms. The molecule has 9 heteroatoms. The second-order valence-corrected chi connectivity index (χ2v) is 10.5. The van der Waals surface area contributed by atoms with Crippen LogP contribution in [-0.4, -0.2) is 46.9 Å². The van der Waals surface area contributed by atoms with Crippen LogP contribution < -0.4 is 16.4 Å². The smallest absolute Gasteiger partial charge is 0.407 e. The molecule has 2 amide bonds. The number of phenolic OH excluding ortho intramolecular Hbond substituents is 1. The Bertz CT molecular complexity index is 842. The molecule has 0 aromatic heterocycles. The number of benzene rings is 1. The summed E-state index contributed by atoms with van der Waals surface area (Å²) in [6.07, 6.45) is 0.849. The van der Waals surface area contributed by atoms with E-state index in [1.165, 1.54) is 6.07 Å². The highest BCUT2D eigenvalue weighted by Gasteiger charge is 2.27. The van der Waals surface area contributed by atoms with Crippen LogP contribution in [0.3, 0.4) is 0 Å². The standard InChI is InChI=1S/C25H41N3O6/c1-16(22(31)33-24(2,3)4)13-18(27-23(32)34-25(5,6)7)14-17-10-11-20(29)19(15-17)28-21(30)9-8-12-26/h10-11,15-16,18,29H,8-9,12-14,26H2,1-7H3,(H,27,32)(H,28,30)/t16?,18-/m1/s1. The summed E-state index contributed by atoms with van der Waals surface area (Å²) in [6, 6.07) is 4.38. The lowest BCUT2D eigenvalue weighted by Crippen LogP contribution is -2.42. The molecule has 1 rings (SSSR count). The number of nitrogens with one attached hydrogen (secondary N) is 2. The molecule has 5 N–H and O–H groups in total. The number of anilines is 1. The predicted molar refractivity (Wildman–Crippen MR) is 132 cm³/mol. The van der Waals surface area contributed by atoms with E-state index in [4.69, 9.17) is 15.2 Å². The van der Waals surface area contributed by atoms with Crippen LogP contribution in [-0.2, 0) is 25.5 Å². The lowest BCUT2D eigenvalue weighted by atomic mass is 9.95. The molecule has 2 atom stereocenters. The average molecular weight is 480 g/mol. The molecule has 0 heterocycles. The van der Waals surface area contributed by atoms with Crippen molar-refractivity contribution in [1.82, 2.24) is 5.32 Å². The van der Waals surface area contributed by atoms with E-state index in [0.717, 1.165) is 5.56 Å². The van der Waals surface area contributed by atoms with Crippen LogP contribution in [0.1, 0.15) is 73.3 Å². The minimum absolute atomic E-state index is 0.0661. The van der Waals surface area contributed by atoms with E-state index in [-0.39, 0.29) is 29.7 Å². The first-order chi connectivity index (χ1) is 15.6. The second kappa shape index (κ2) is 12.6. The number of ether oxygens (including phenoxy) is 2. The van der Waals surface area contributed by atoms with Gasteiger partial charge in [-0.15, -0.1) is 0 Å². The van der Waals surface area contributed by atoms with Gasteiger partial charge in [-0.25, -0.2) is 4.79 Å². The van der Waals surface area contributed by atoms with E-state index in [1.54, 1.807) is 60.6 Å². The molecular weight excluding hydrogens is 438 g/mol. The van der Waals surface area contributed by atoms with E-state index >= 15 is 0 Å². The summed E-state index contributed by atoms with van der Waals surface area (Å²) in [5.74, 6) is -1.16. The number of carbonyl (C=O) groups excluding carboxylic acids is 3. The molecule has 1 aromatic rings. The summed E-state index contributed by atoms with van der Waals surface area (Å²) in [4.78, 5) is 37.0. The molecule has 0 aliphatic carbocycles. The van der Waals surface area contributed by atoms with Gasteiger partial charge in [-0.05, 0) is 85.0 Å². The Balaban J connectivity index is 3.03. The van der Waals surface area contributed by atoms with Crippen molar-refractivity contribution in [2.45, 2.75) is 91.4 Å². The summed E-state index contributed by atoms with van der Waals surface area (Å²) in [7, 11) is 0. The molecule has 192 valence electrons. The number of alkyl carbamates (subject to hydrolysis) is 1. The molecule has 0 saturated heterocycles. The maximum Gasteiger partial charge on any atom is 0.407 e. The summed E-state index contributed by atoms with van der Waals surface area (Å²) in [5.41, 5.74) is 5.18. The maximum atomic E-state index is 12.5. The first kappa shape index (κ1) is 29.2. The van der Waals surface area contributed by atoms with Crippen molar-refractivity contribution in [1.29, 1.82) is 0 Å². The molecule has 0 radical (unpaired) electrons. The van der Waals surface area contributed by atoms with Crippen LogP contribution in [0.4, 0.5) is 10.5 Å². The van der Waals surface area contributed by atoms with Crippen LogP contribution in [0.2, 0.25) is 0 Å². The number of rotatable bonds is 10. The number of hydrogen-bond donors (Lipinski definition) is 4. The first-order valence-electron chi connectivity index (χ1n) is 11.6. The fourth-order valence-corrected chi connectivity index (χ4v) is 3.16. The van der Waals surface area contributed by atoms with Crippen LogP contribution in [0.15, 0.2) is 18.2 Å². The number of nitrogens with two attached hydrogens (primary N) is 1. The van der Waals surface area contributed by atoms with E-state index in [0.29, 0.717) is 25.8 Å². The number of esters is 1. The quantitative estimate of drug-likeness (QED) is 0.295. The summed E-state index contributed by atoms with van der Waals surface area (Å²) >= 11 is 0. The Labute approximate surface area is 202 Å². The van der Waals surface area contributed by atoms with E-state index in [1.807, 2.05) is 0 Å². The molecule has 0 saturated carbocycles. The zero-order valence-electron chi connectivity index (χ0n) is 21.5. The van der Waals surface area contributed by atoms with Gasteiger partial charge in [0.25, 0.3) is 0 Å². The maximum absolute atomic E-state index is 12.5. The summed E-state index contributed by atoms with van der Waals surface area (Å²) < 4.78 is 10.9. The molecule has 0 fully saturated rings. The van der Waals surface area contributed by atoms with Crippen molar-refractivity contribution < 1.29 is 29.0 Å². The van der Waals surface area contributed by atoms with Gasteiger partial charge >= 0.3 is 12.1 Å². The molecule has 0 spiro atoms. The third-order valence-electron chi connectivity index (χ3n) is 4.59. The Morgan fingerprint density at radius 3 is 2.24 bits per heavy atom. The lowest BCUT2D eigenvalue weighted by molar-refractivity contribution is -0.159. The first-order valence-corrected chi connectivity index (χ1v) is 11.6. The van der Waals surface area contributed by atoms with Gasteiger partial charge in [0.1, 0.15) is 17.0 Å². The van der Waals surface area contributed by atoms with E-state index in [2.05, 4.69) is 10.6 Å². The molecule has 0 aliphatic rings. The highest BCUT2D eigenvalue weighted by atomic mass is 16.6. The average Bonchev–Trinajstić information content (AvgIpc) is 2.66. The predicted octanol–water partition coefficient (Wildman–Crippen LogP) is 3.87. The van der Waals surface area contributed by atoms with Crippen molar-refractivity contribution in [3.63, 3.8) is 0 Å². The third-order valence-corrected chi connectivity index (χ3v) is 4.59. The Morgan fingerprint density at radius 1 is 1.06 bits per heavy atom. The van der Waals surface area contributed by atoms with Crippen LogP contribution in [0.25, 0.3) is 0 Å². The molecule has 0 bridgehead atoms. The number of carbonyl (C=O) groups is 3. The minimum atomic E-state index is -0.676. The molecular formula is C25H41N3O6. The fraction of sp³-hybridized carbons (Fsp3) is 0.640. The topological polar surface area (TPSA) is 140 Å². The van der Waals surface area contributed by atoms with Gasteiger partial charge < -0.3 is 30.9 Å². The normalized spacial score (nSPS) is 13.5. The number of hydrogen-bond acceptors (Lipinski definition) is 7. The van der Waals surface area contributed by atoms with Gasteiger partial charge in [-0.1, -0.05) is 13.0 Å². The zero-order chi connectivity index (χ0) is 26.1. The fourth-order valence-electron chi connectivity index (χ4n) is 3.16. The number of amides is 2. The van der Waals surface area contributed by atoms with Gasteiger partial charge in [-0.2, -0.15) is 0 Å². The molecule has 0 aliphatic heterocycles. The zero-order valence-corrected chi connectivity index (χ0v) is 21.5. The van der Waals surface area contributed by atoms with Crippen LogP contribution in [0.5, 0.6) is 5.75 Å². The molecule has 9 nitrogen and oxygen atoms in total.